The molecule has 0 radical (unpaired) electrons. The lowest BCUT2D eigenvalue weighted by Gasteiger charge is -2.11. The largest absolute Gasteiger partial charge is 0.322 e. The molecule has 0 atom stereocenters. The summed E-state index contributed by atoms with van der Waals surface area (Å²) in [7, 11) is -3.77. The monoisotopic (exact) mass is 499 g/mol. The van der Waals surface area contributed by atoms with Crippen molar-refractivity contribution in [2.75, 3.05) is 10.0 Å². The molecule has 0 fully saturated rings. The first-order chi connectivity index (χ1) is 15.9. The van der Waals surface area contributed by atoms with Crippen LogP contribution in [-0.2, 0) is 15.8 Å². The van der Waals surface area contributed by atoms with Crippen LogP contribution in [0.1, 0.15) is 15.9 Å². The zero-order valence-electron chi connectivity index (χ0n) is 17.1. The Balaban J connectivity index is 1.45. The minimum Gasteiger partial charge on any atom is -0.322 e. The van der Waals surface area contributed by atoms with Gasteiger partial charge in [-0.15, -0.1) is 23.1 Å². The van der Waals surface area contributed by atoms with Gasteiger partial charge < -0.3 is 5.32 Å². The fourth-order valence-electron chi connectivity index (χ4n) is 2.91. The maximum absolute atomic E-state index is 13.9. The first-order valence-corrected chi connectivity index (χ1v) is 13.1. The maximum Gasteiger partial charge on any atom is 0.263 e. The van der Waals surface area contributed by atoms with E-state index in [9.17, 15) is 17.6 Å². The van der Waals surface area contributed by atoms with Gasteiger partial charge in [0.25, 0.3) is 15.9 Å². The van der Waals surface area contributed by atoms with Crippen LogP contribution in [0.4, 0.5) is 15.2 Å². The van der Waals surface area contributed by atoms with Crippen LogP contribution < -0.4 is 10.0 Å². The molecule has 0 saturated carbocycles. The van der Waals surface area contributed by atoms with E-state index in [-0.39, 0.29) is 21.8 Å². The van der Waals surface area contributed by atoms with Gasteiger partial charge in [-0.3, -0.25) is 9.52 Å². The van der Waals surface area contributed by atoms with Crippen molar-refractivity contribution in [1.82, 2.24) is 4.98 Å². The third-order valence-corrected chi connectivity index (χ3v) is 7.84. The van der Waals surface area contributed by atoms with Crippen LogP contribution in [0.5, 0.6) is 0 Å². The van der Waals surface area contributed by atoms with Gasteiger partial charge in [0.2, 0.25) is 0 Å². The second-order valence-electron chi connectivity index (χ2n) is 6.80. The van der Waals surface area contributed by atoms with Crippen molar-refractivity contribution in [3.63, 3.8) is 0 Å². The number of nitrogens with zero attached hydrogens (tertiary/aromatic N) is 1. The summed E-state index contributed by atoms with van der Waals surface area (Å²) in [6.45, 7) is 0. The fraction of sp³-hybridized carbons (Fsp3) is 0.0435. The number of hydrogen-bond acceptors (Lipinski definition) is 6. The van der Waals surface area contributed by atoms with Crippen molar-refractivity contribution >= 4 is 49.8 Å². The number of carbonyl (C=O) groups is 1. The molecule has 0 aliphatic rings. The SMILES string of the molecule is O=C(Nc1ccc(S(=O)(=O)Nc2nccs2)cc1)c1ccccc1SCc1ccccc1F. The number of aromatic nitrogens is 1. The molecule has 0 aliphatic carbocycles. The van der Waals surface area contributed by atoms with Crippen LogP contribution in [0, 0.1) is 5.82 Å². The molecule has 0 unspecified atom stereocenters. The average molecular weight is 500 g/mol. The van der Waals surface area contributed by atoms with Crippen molar-refractivity contribution in [2.45, 2.75) is 15.5 Å². The van der Waals surface area contributed by atoms with Gasteiger partial charge in [0, 0.05) is 27.9 Å². The van der Waals surface area contributed by atoms with E-state index in [4.69, 9.17) is 0 Å². The van der Waals surface area contributed by atoms with Gasteiger partial charge in [0.15, 0.2) is 5.13 Å². The summed E-state index contributed by atoms with van der Waals surface area (Å²) in [6.07, 6.45) is 1.51. The van der Waals surface area contributed by atoms with Crippen molar-refractivity contribution in [3.8, 4) is 0 Å². The number of thioether (sulfide) groups is 1. The number of sulfonamides is 1. The smallest absolute Gasteiger partial charge is 0.263 e. The zero-order valence-corrected chi connectivity index (χ0v) is 19.5. The quantitative estimate of drug-likeness (QED) is 0.307. The molecule has 33 heavy (non-hydrogen) atoms. The summed E-state index contributed by atoms with van der Waals surface area (Å²) in [5, 5.41) is 4.73. The number of carbonyl (C=O) groups excluding carboxylic acids is 1. The number of benzene rings is 3. The van der Waals surface area contributed by atoms with E-state index < -0.39 is 10.0 Å². The third kappa shape index (κ3) is 5.78. The van der Waals surface area contributed by atoms with E-state index in [0.717, 1.165) is 0 Å². The molecule has 0 bridgehead atoms. The molecule has 0 aliphatic heterocycles. The Bertz CT molecular complexity index is 1360. The van der Waals surface area contributed by atoms with Gasteiger partial charge in [0.05, 0.1) is 10.5 Å². The third-order valence-electron chi connectivity index (χ3n) is 4.55. The standard InChI is InChI=1S/C23H18FN3O3S3/c24-20-7-3-1-5-16(20)15-32-21-8-4-2-6-19(21)22(28)26-17-9-11-18(12-10-17)33(29,30)27-23-25-13-14-31-23/h1-14H,15H2,(H,25,27)(H,26,28). The van der Waals surface area contributed by atoms with Crippen LogP contribution in [0.2, 0.25) is 0 Å². The average Bonchev–Trinajstić information content (AvgIpc) is 3.31. The molecule has 4 rings (SSSR count). The molecule has 168 valence electrons. The summed E-state index contributed by atoms with van der Waals surface area (Å²) in [5.41, 5.74) is 1.45. The van der Waals surface area contributed by atoms with Crippen LogP contribution >= 0.6 is 23.1 Å². The highest BCUT2D eigenvalue weighted by molar-refractivity contribution is 7.98. The lowest BCUT2D eigenvalue weighted by atomic mass is 10.2. The van der Waals surface area contributed by atoms with E-state index in [1.165, 1.54) is 59.6 Å². The summed E-state index contributed by atoms with van der Waals surface area (Å²) in [6, 6.07) is 19.4. The molecule has 1 aromatic heterocycles. The first kappa shape index (κ1) is 23.0. The number of nitrogens with one attached hydrogen (secondary N) is 2. The number of halogens is 1. The van der Waals surface area contributed by atoms with Crippen molar-refractivity contribution in [3.05, 3.63) is 101 Å². The molecule has 6 nitrogen and oxygen atoms in total. The lowest BCUT2D eigenvalue weighted by molar-refractivity contribution is 0.102. The molecule has 0 saturated heterocycles. The lowest BCUT2D eigenvalue weighted by Crippen LogP contribution is -2.14. The number of hydrogen-bond donors (Lipinski definition) is 2. The minimum atomic E-state index is -3.77. The van der Waals surface area contributed by atoms with Crippen LogP contribution in [0.25, 0.3) is 0 Å². The Hall–Kier alpha value is -3.21. The highest BCUT2D eigenvalue weighted by atomic mass is 32.2. The zero-order chi connectivity index (χ0) is 23.3. The fourth-order valence-corrected chi connectivity index (χ4v) is 5.74. The molecule has 2 N–H and O–H groups in total. The first-order valence-electron chi connectivity index (χ1n) is 9.71. The number of anilines is 2. The van der Waals surface area contributed by atoms with Gasteiger partial charge in [-0.05, 0) is 48.0 Å². The summed E-state index contributed by atoms with van der Waals surface area (Å²) < 4.78 is 41.2. The van der Waals surface area contributed by atoms with Crippen LogP contribution in [0.15, 0.2) is 94.2 Å². The predicted octanol–water partition coefficient (Wildman–Crippen LogP) is 5.63. The molecule has 4 aromatic rings. The minimum absolute atomic E-state index is 0.0524. The summed E-state index contributed by atoms with van der Waals surface area (Å²) >= 11 is 2.54. The Morgan fingerprint density at radius 3 is 2.45 bits per heavy atom. The number of amides is 1. The Morgan fingerprint density at radius 2 is 1.73 bits per heavy atom. The van der Waals surface area contributed by atoms with E-state index >= 15 is 0 Å². The van der Waals surface area contributed by atoms with Crippen molar-refractivity contribution in [2.24, 2.45) is 0 Å². The molecule has 10 heteroatoms. The van der Waals surface area contributed by atoms with E-state index in [1.807, 2.05) is 6.07 Å². The van der Waals surface area contributed by atoms with Crippen LogP contribution in [0.3, 0.4) is 0 Å². The predicted molar refractivity (Wildman–Crippen MR) is 130 cm³/mol. The normalized spacial score (nSPS) is 11.2. The summed E-state index contributed by atoms with van der Waals surface area (Å²) in [5.74, 6) is -0.246. The highest BCUT2D eigenvalue weighted by Crippen LogP contribution is 2.28. The second-order valence-corrected chi connectivity index (χ2v) is 10.4. The van der Waals surface area contributed by atoms with E-state index in [2.05, 4.69) is 15.0 Å². The molecule has 0 spiro atoms. The summed E-state index contributed by atoms with van der Waals surface area (Å²) in [4.78, 5) is 17.5. The molecule has 3 aromatic carbocycles. The molecule has 1 heterocycles. The molecule has 1 amide bonds. The van der Waals surface area contributed by atoms with Crippen molar-refractivity contribution < 1.29 is 17.6 Å². The second kappa shape index (κ2) is 10.2. The highest BCUT2D eigenvalue weighted by Gasteiger charge is 2.17. The van der Waals surface area contributed by atoms with Gasteiger partial charge in [-0.1, -0.05) is 30.3 Å². The Morgan fingerprint density at radius 1 is 1.00 bits per heavy atom. The van der Waals surface area contributed by atoms with Gasteiger partial charge in [-0.25, -0.2) is 17.8 Å². The van der Waals surface area contributed by atoms with Gasteiger partial charge in [-0.2, -0.15) is 0 Å². The Labute approximate surface area is 199 Å². The number of thiazole rings is 1. The van der Waals surface area contributed by atoms with Gasteiger partial charge >= 0.3 is 0 Å². The van der Waals surface area contributed by atoms with Crippen LogP contribution in [-0.4, -0.2) is 19.3 Å². The van der Waals surface area contributed by atoms with Crippen molar-refractivity contribution in [1.29, 1.82) is 0 Å². The maximum atomic E-state index is 13.9. The molecular weight excluding hydrogens is 481 g/mol. The Kier molecular flexibility index (Phi) is 7.07. The van der Waals surface area contributed by atoms with E-state index in [1.54, 1.807) is 41.8 Å². The molecular formula is C23H18FN3O3S3. The topological polar surface area (TPSA) is 88.2 Å². The number of rotatable bonds is 8. The van der Waals surface area contributed by atoms with E-state index in [0.29, 0.717) is 27.5 Å². The van der Waals surface area contributed by atoms with Gasteiger partial charge in [0.1, 0.15) is 5.82 Å².